The molecule has 2 aromatic heterocycles. The van der Waals surface area contributed by atoms with Gasteiger partial charge < -0.3 is 14.5 Å². The predicted octanol–water partition coefficient (Wildman–Crippen LogP) is 3.20. The third-order valence-electron chi connectivity index (χ3n) is 4.40. The molecule has 0 aliphatic rings. The fourth-order valence-electron chi connectivity index (χ4n) is 3.01. The van der Waals surface area contributed by atoms with Gasteiger partial charge in [0.2, 0.25) is 0 Å². The van der Waals surface area contributed by atoms with E-state index in [9.17, 15) is 4.79 Å². The number of H-pyrrole nitrogens is 1. The molecule has 0 saturated carbocycles. The lowest BCUT2D eigenvalue weighted by molar-refractivity contribution is -0.145. The Kier molecular flexibility index (Phi) is 5.51. The molecule has 2 heterocycles. The summed E-state index contributed by atoms with van der Waals surface area (Å²) in [6.07, 6.45) is 1.56. The quantitative estimate of drug-likeness (QED) is 0.276. The third kappa shape index (κ3) is 4.04. The van der Waals surface area contributed by atoms with Crippen LogP contribution >= 0.6 is 0 Å². The summed E-state index contributed by atoms with van der Waals surface area (Å²) >= 11 is 0. The number of benzene rings is 2. The van der Waals surface area contributed by atoms with E-state index >= 15 is 0 Å². The molecule has 4 rings (SSSR count). The molecule has 9 nitrogen and oxygen atoms in total. The summed E-state index contributed by atoms with van der Waals surface area (Å²) < 4.78 is 10.4. The fourth-order valence-corrected chi connectivity index (χ4v) is 3.01. The Hall–Kier alpha value is -4.01. The molecule has 0 radical (unpaired) electrons. The van der Waals surface area contributed by atoms with Crippen molar-refractivity contribution in [3.05, 3.63) is 53.6 Å². The Morgan fingerprint density at radius 2 is 2.07 bits per heavy atom. The minimum atomic E-state index is -0.427. The molecule has 0 aliphatic carbocycles. The highest BCUT2D eigenvalue weighted by molar-refractivity contribution is 6.04. The molecule has 0 unspecified atom stereocenters. The van der Waals surface area contributed by atoms with Crippen LogP contribution in [0.4, 0.5) is 5.95 Å². The van der Waals surface area contributed by atoms with Crippen molar-refractivity contribution < 1.29 is 14.3 Å². The number of hydrogen-bond donors (Lipinski definition) is 2. The van der Waals surface area contributed by atoms with Crippen molar-refractivity contribution >= 4 is 40.2 Å². The number of hydrazone groups is 1. The monoisotopic (exact) mass is 404 g/mol. The van der Waals surface area contributed by atoms with Crippen LogP contribution in [0.2, 0.25) is 0 Å². The zero-order valence-electron chi connectivity index (χ0n) is 16.5. The Bertz CT molecular complexity index is 1230. The van der Waals surface area contributed by atoms with Crippen LogP contribution in [0.5, 0.6) is 5.75 Å². The smallest absolute Gasteiger partial charge is 0.344 e. The van der Waals surface area contributed by atoms with E-state index in [1.165, 1.54) is 0 Å². The first-order valence-corrected chi connectivity index (χ1v) is 9.44. The van der Waals surface area contributed by atoms with Gasteiger partial charge in [0.1, 0.15) is 11.3 Å². The number of aromatic nitrogens is 4. The highest BCUT2D eigenvalue weighted by Crippen LogP contribution is 2.24. The third-order valence-corrected chi connectivity index (χ3v) is 4.40. The fraction of sp³-hybridized carbons (Fsp3) is 0.190. The molecule has 2 N–H and O–H groups in total. The van der Waals surface area contributed by atoms with Gasteiger partial charge in [-0.3, -0.25) is 0 Å². The molecule has 0 spiro atoms. The molecule has 9 heteroatoms. The average Bonchev–Trinajstić information content (AvgIpc) is 3.13. The molecule has 0 saturated heterocycles. The highest BCUT2D eigenvalue weighted by atomic mass is 16.6. The number of nitrogens with zero attached hydrogens (tertiary/aromatic N) is 4. The van der Waals surface area contributed by atoms with Gasteiger partial charge in [0.15, 0.2) is 12.3 Å². The Labute approximate surface area is 172 Å². The molecule has 2 aromatic carbocycles. The van der Waals surface area contributed by atoms with E-state index in [4.69, 9.17) is 9.47 Å². The largest absolute Gasteiger partial charge is 0.481 e. The number of esters is 1. The maximum absolute atomic E-state index is 11.5. The van der Waals surface area contributed by atoms with E-state index in [2.05, 4.69) is 30.7 Å². The number of aromatic amines is 1. The summed E-state index contributed by atoms with van der Waals surface area (Å²) in [4.78, 5) is 19.2. The van der Waals surface area contributed by atoms with E-state index in [-0.39, 0.29) is 12.6 Å². The Balaban J connectivity index is 1.49. The molecule has 0 fully saturated rings. The van der Waals surface area contributed by atoms with Crippen molar-refractivity contribution in [2.75, 3.05) is 18.6 Å². The first-order valence-electron chi connectivity index (χ1n) is 9.44. The first-order chi connectivity index (χ1) is 14.7. The van der Waals surface area contributed by atoms with Gasteiger partial charge in [-0.25, -0.2) is 10.2 Å². The summed E-state index contributed by atoms with van der Waals surface area (Å²) in [7, 11) is 0. The number of carbonyl (C=O) groups excluding carboxylic acids is 1. The summed E-state index contributed by atoms with van der Waals surface area (Å²) in [6.45, 7) is 3.91. The van der Waals surface area contributed by atoms with Gasteiger partial charge in [0.05, 0.1) is 18.3 Å². The van der Waals surface area contributed by atoms with E-state index in [1.807, 2.05) is 43.3 Å². The zero-order chi connectivity index (χ0) is 20.9. The normalized spacial score (nSPS) is 11.3. The van der Waals surface area contributed by atoms with Crippen molar-refractivity contribution in [2.45, 2.75) is 13.8 Å². The van der Waals surface area contributed by atoms with Gasteiger partial charge in [-0.2, -0.15) is 10.1 Å². The van der Waals surface area contributed by atoms with Gasteiger partial charge in [-0.15, -0.1) is 10.2 Å². The number of para-hydroxylation sites is 2. The minimum Gasteiger partial charge on any atom is -0.481 e. The maximum Gasteiger partial charge on any atom is 0.344 e. The molecule has 152 valence electrons. The van der Waals surface area contributed by atoms with Crippen LogP contribution in [0.3, 0.4) is 0 Å². The summed E-state index contributed by atoms with van der Waals surface area (Å²) in [6, 6.07) is 13.2. The SMILES string of the molecule is CCOC(=O)COc1ccccc1C=NNc1nnc2c(n1)[nH]c1c(C)cccc12. The van der Waals surface area contributed by atoms with Crippen molar-refractivity contribution in [1.29, 1.82) is 0 Å². The lowest BCUT2D eigenvalue weighted by Gasteiger charge is -2.08. The lowest BCUT2D eigenvalue weighted by Crippen LogP contribution is -2.15. The summed E-state index contributed by atoms with van der Waals surface area (Å²) in [5.41, 5.74) is 6.90. The van der Waals surface area contributed by atoms with Crippen LogP contribution in [0.25, 0.3) is 22.1 Å². The molecule has 0 bridgehead atoms. The van der Waals surface area contributed by atoms with Gasteiger partial charge in [-0.1, -0.05) is 30.3 Å². The zero-order valence-corrected chi connectivity index (χ0v) is 16.5. The average molecular weight is 404 g/mol. The maximum atomic E-state index is 11.5. The molecule has 0 aliphatic heterocycles. The number of anilines is 1. The van der Waals surface area contributed by atoms with Gasteiger partial charge in [0, 0.05) is 10.9 Å². The second-order valence-corrected chi connectivity index (χ2v) is 6.46. The molecule has 0 amide bonds. The molecule has 4 aromatic rings. The van der Waals surface area contributed by atoms with Crippen molar-refractivity contribution in [2.24, 2.45) is 5.10 Å². The number of aryl methyl sites for hydroxylation is 1. The standard InChI is InChI=1S/C21H20N6O3/c1-3-29-17(28)12-30-16-10-5-4-8-14(16)11-22-26-21-24-20-19(25-27-21)15-9-6-7-13(2)18(15)23-20/h4-11H,3,12H2,1-2H3,(H2,23,24,26,27). The van der Waals surface area contributed by atoms with Crippen LogP contribution < -0.4 is 10.2 Å². The van der Waals surface area contributed by atoms with Crippen LogP contribution in [0, 0.1) is 6.92 Å². The van der Waals surface area contributed by atoms with Crippen LogP contribution in [-0.2, 0) is 9.53 Å². The van der Waals surface area contributed by atoms with Crippen LogP contribution in [0.15, 0.2) is 47.6 Å². The van der Waals surface area contributed by atoms with Gasteiger partial charge >= 0.3 is 5.97 Å². The molecular formula is C21H20N6O3. The number of rotatable bonds is 7. The van der Waals surface area contributed by atoms with Crippen LogP contribution in [0.1, 0.15) is 18.1 Å². The molecular weight excluding hydrogens is 384 g/mol. The molecule has 30 heavy (non-hydrogen) atoms. The van der Waals surface area contributed by atoms with Crippen LogP contribution in [-0.4, -0.2) is 45.6 Å². The van der Waals surface area contributed by atoms with Gasteiger partial charge in [0.25, 0.3) is 5.95 Å². The lowest BCUT2D eigenvalue weighted by atomic mass is 10.1. The van der Waals surface area contributed by atoms with E-state index in [0.29, 0.717) is 29.1 Å². The summed E-state index contributed by atoms with van der Waals surface area (Å²) in [5.74, 6) is 0.341. The second kappa shape index (κ2) is 8.56. The minimum absolute atomic E-state index is 0.171. The van der Waals surface area contributed by atoms with Crippen molar-refractivity contribution in [3.8, 4) is 5.75 Å². The number of ether oxygens (including phenoxy) is 2. The molecule has 0 atom stereocenters. The number of carbonyl (C=O) groups is 1. The number of nitrogens with one attached hydrogen (secondary N) is 2. The topological polar surface area (TPSA) is 114 Å². The Morgan fingerprint density at radius 1 is 1.20 bits per heavy atom. The van der Waals surface area contributed by atoms with Gasteiger partial charge in [-0.05, 0) is 31.5 Å². The second-order valence-electron chi connectivity index (χ2n) is 6.46. The van der Waals surface area contributed by atoms with E-state index in [0.717, 1.165) is 16.5 Å². The van der Waals surface area contributed by atoms with Crippen molar-refractivity contribution in [3.63, 3.8) is 0 Å². The summed E-state index contributed by atoms with van der Waals surface area (Å²) in [5, 5.41) is 13.5. The van der Waals surface area contributed by atoms with Crippen molar-refractivity contribution in [1.82, 2.24) is 20.2 Å². The first kappa shape index (κ1) is 19.3. The highest BCUT2D eigenvalue weighted by Gasteiger charge is 2.10. The number of fused-ring (bicyclic) bond motifs is 3. The van der Waals surface area contributed by atoms with E-state index < -0.39 is 5.97 Å². The number of hydrogen-bond acceptors (Lipinski definition) is 8. The predicted molar refractivity (Wildman–Crippen MR) is 114 cm³/mol. The van der Waals surface area contributed by atoms with E-state index in [1.54, 1.807) is 19.2 Å². The Morgan fingerprint density at radius 3 is 2.93 bits per heavy atom.